The predicted molar refractivity (Wildman–Crippen MR) is 86.2 cm³/mol. The second kappa shape index (κ2) is 7.77. The van der Waals surface area contributed by atoms with E-state index in [0.29, 0.717) is 11.4 Å². The number of amides is 3. The van der Waals surface area contributed by atoms with Crippen molar-refractivity contribution in [1.29, 1.82) is 0 Å². The Balaban J connectivity index is 1.82. The van der Waals surface area contributed by atoms with Crippen LogP contribution in [-0.4, -0.2) is 16.9 Å². The van der Waals surface area contributed by atoms with E-state index >= 15 is 0 Å². The van der Waals surface area contributed by atoms with E-state index in [2.05, 4.69) is 15.6 Å². The van der Waals surface area contributed by atoms with Gasteiger partial charge in [-0.2, -0.15) is 0 Å². The lowest BCUT2D eigenvalue weighted by Gasteiger charge is -2.07. The van der Waals surface area contributed by atoms with Gasteiger partial charge in [0.25, 0.3) is 0 Å². The van der Waals surface area contributed by atoms with E-state index in [9.17, 15) is 9.59 Å². The number of imide groups is 1. The summed E-state index contributed by atoms with van der Waals surface area (Å²) in [6.07, 6.45) is 2.11. The Morgan fingerprint density at radius 3 is 2.55 bits per heavy atom. The first kappa shape index (κ1) is 16.3. The number of aryl methyl sites for hydroxylation is 1. The fourth-order valence-corrected chi connectivity index (χ4v) is 2.16. The molecule has 0 fully saturated rings. The third kappa shape index (κ3) is 5.02. The summed E-state index contributed by atoms with van der Waals surface area (Å²) in [7, 11) is 0. The van der Waals surface area contributed by atoms with Crippen LogP contribution in [0.15, 0.2) is 42.6 Å². The Hall–Kier alpha value is -2.11. The molecule has 2 aromatic rings. The molecule has 0 unspecified atom stereocenters. The van der Waals surface area contributed by atoms with E-state index in [1.165, 1.54) is 12.3 Å². The molecule has 1 heterocycles. The number of aromatic nitrogens is 1. The molecule has 0 spiro atoms. The molecule has 0 radical (unpaired) electrons. The van der Waals surface area contributed by atoms with Crippen LogP contribution >= 0.6 is 23.2 Å². The summed E-state index contributed by atoms with van der Waals surface area (Å²) >= 11 is 11.6. The van der Waals surface area contributed by atoms with E-state index in [1.54, 1.807) is 0 Å². The lowest BCUT2D eigenvalue weighted by molar-refractivity contribution is -0.119. The van der Waals surface area contributed by atoms with Crippen LogP contribution in [-0.2, 0) is 11.2 Å². The standard InChI is InChI=1S/C15H13Cl2N3O2/c16-11-8-12(17)14(18-9-11)20-15(22)19-13(21)7-6-10-4-2-1-3-5-10/h1-5,8-9H,6-7H2,(H2,18,19,20,21,22). The van der Waals surface area contributed by atoms with Gasteiger partial charge in [-0.1, -0.05) is 53.5 Å². The van der Waals surface area contributed by atoms with Crippen LogP contribution in [0.4, 0.5) is 10.6 Å². The zero-order chi connectivity index (χ0) is 15.9. The van der Waals surface area contributed by atoms with Gasteiger partial charge in [-0.15, -0.1) is 0 Å². The van der Waals surface area contributed by atoms with Crippen LogP contribution in [0.3, 0.4) is 0 Å². The van der Waals surface area contributed by atoms with Crippen molar-refractivity contribution < 1.29 is 9.59 Å². The van der Waals surface area contributed by atoms with Gasteiger partial charge < -0.3 is 0 Å². The number of nitrogens with zero attached hydrogens (tertiary/aromatic N) is 1. The number of rotatable bonds is 4. The number of nitrogens with one attached hydrogen (secondary N) is 2. The first-order valence-corrected chi connectivity index (χ1v) is 7.26. The van der Waals surface area contributed by atoms with Crippen molar-refractivity contribution in [3.8, 4) is 0 Å². The number of carbonyl (C=O) groups is 2. The van der Waals surface area contributed by atoms with Gasteiger partial charge >= 0.3 is 6.03 Å². The van der Waals surface area contributed by atoms with Gasteiger partial charge in [0.1, 0.15) is 0 Å². The molecular weight excluding hydrogens is 325 g/mol. The average Bonchev–Trinajstić information content (AvgIpc) is 2.49. The Labute approximate surface area is 137 Å². The number of pyridine rings is 1. The molecule has 0 atom stereocenters. The van der Waals surface area contributed by atoms with Crippen molar-refractivity contribution >= 4 is 41.0 Å². The molecule has 0 bridgehead atoms. The maximum Gasteiger partial charge on any atom is 0.327 e. The molecule has 7 heteroatoms. The minimum absolute atomic E-state index is 0.138. The highest BCUT2D eigenvalue weighted by Crippen LogP contribution is 2.22. The van der Waals surface area contributed by atoms with E-state index in [0.717, 1.165) is 5.56 Å². The van der Waals surface area contributed by atoms with Crippen LogP contribution in [0.1, 0.15) is 12.0 Å². The number of carbonyl (C=O) groups excluding carboxylic acids is 2. The van der Waals surface area contributed by atoms with Crippen molar-refractivity contribution in [3.05, 3.63) is 58.2 Å². The number of anilines is 1. The zero-order valence-corrected chi connectivity index (χ0v) is 13.0. The lowest BCUT2D eigenvalue weighted by Crippen LogP contribution is -2.34. The van der Waals surface area contributed by atoms with Gasteiger partial charge in [-0.25, -0.2) is 9.78 Å². The average molecular weight is 338 g/mol. The van der Waals surface area contributed by atoms with Gasteiger partial charge in [-0.05, 0) is 18.1 Å². The molecule has 0 aliphatic heterocycles. The fourth-order valence-electron chi connectivity index (χ4n) is 1.74. The minimum Gasteiger partial charge on any atom is -0.291 e. The summed E-state index contributed by atoms with van der Waals surface area (Å²) in [5.74, 6) is -0.245. The molecule has 0 aliphatic carbocycles. The maximum absolute atomic E-state index is 11.7. The number of hydrogen-bond donors (Lipinski definition) is 2. The molecule has 2 N–H and O–H groups in total. The largest absolute Gasteiger partial charge is 0.327 e. The van der Waals surface area contributed by atoms with Crippen LogP contribution in [0.25, 0.3) is 0 Å². The minimum atomic E-state index is -0.685. The summed E-state index contributed by atoms with van der Waals surface area (Å²) < 4.78 is 0. The highest BCUT2D eigenvalue weighted by atomic mass is 35.5. The summed E-state index contributed by atoms with van der Waals surface area (Å²) in [4.78, 5) is 27.3. The van der Waals surface area contributed by atoms with Crippen molar-refractivity contribution in [2.24, 2.45) is 0 Å². The van der Waals surface area contributed by atoms with Gasteiger partial charge in [0.05, 0.1) is 10.0 Å². The second-order valence-corrected chi connectivity index (χ2v) is 5.32. The van der Waals surface area contributed by atoms with Gasteiger partial charge in [0, 0.05) is 12.6 Å². The first-order valence-electron chi connectivity index (χ1n) is 6.50. The molecule has 5 nitrogen and oxygen atoms in total. The van der Waals surface area contributed by atoms with Crippen molar-refractivity contribution in [2.75, 3.05) is 5.32 Å². The molecule has 0 aliphatic rings. The SMILES string of the molecule is O=C(CCc1ccccc1)NC(=O)Nc1ncc(Cl)cc1Cl. The quantitative estimate of drug-likeness (QED) is 0.894. The third-order valence-corrected chi connectivity index (χ3v) is 3.27. The number of benzene rings is 1. The molecular formula is C15H13Cl2N3O2. The van der Waals surface area contributed by atoms with E-state index < -0.39 is 6.03 Å². The Morgan fingerprint density at radius 1 is 1.14 bits per heavy atom. The summed E-state index contributed by atoms with van der Waals surface area (Å²) in [6.45, 7) is 0. The van der Waals surface area contributed by atoms with Gasteiger partial charge in [0.2, 0.25) is 5.91 Å². The van der Waals surface area contributed by atoms with Crippen molar-refractivity contribution in [3.63, 3.8) is 0 Å². The normalized spacial score (nSPS) is 10.1. The highest BCUT2D eigenvalue weighted by Gasteiger charge is 2.11. The van der Waals surface area contributed by atoms with Crippen molar-refractivity contribution in [2.45, 2.75) is 12.8 Å². The second-order valence-electron chi connectivity index (χ2n) is 4.47. The topological polar surface area (TPSA) is 71.1 Å². The molecule has 1 aromatic heterocycles. The predicted octanol–water partition coefficient (Wildman–Crippen LogP) is 3.67. The van der Waals surface area contributed by atoms with Crippen LogP contribution in [0.5, 0.6) is 0 Å². The van der Waals surface area contributed by atoms with Gasteiger partial charge in [-0.3, -0.25) is 15.4 Å². The Kier molecular flexibility index (Phi) is 5.75. The number of hydrogen-bond acceptors (Lipinski definition) is 3. The van der Waals surface area contributed by atoms with E-state index in [-0.39, 0.29) is 23.2 Å². The fraction of sp³-hybridized carbons (Fsp3) is 0.133. The first-order chi connectivity index (χ1) is 10.5. The van der Waals surface area contributed by atoms with Crippen molar-refractivity contribution in [1.82, 2.24) is 10.3 Å². The summed E-state index contributed by atoms with van der Waals surface area (Å²) in [6, 6.07) is 10.3. The van der Waals surface area contributed by atoms with E-state index in [1.807, 2.05) is 30.3 Å². The molecule has 22 heavy (non-hydrogen) atoms. The summed E-state index contributed by atoms with van der Waals surface area (Å²) in [5, 5.41) is 5.16. The molecule has 114 valence electrons. The molecule has 0 saturated heterocycles. The molecule has 2 rings (SSSR count). The Morgan fingerprint density at radius 2 is 1.86 bits per heavy atom. The van der Waals surface area contributed by atoms with Gasteiger partial charge in [0.15, 0.2) is 5.82 Å². The third-order valence-electron chi connectivity index (χ3n) is 2.78. The lowest BCUT2D eigenvalue weighted by atomic mass is 10.1. The van der Waals surface area contributed by atoms with E-state index in [4.69, 9.17) is 23.2 Å². The summed E-state index contributed by atoms with van der Waals surface area (Å²) in [5.41, 5.74) is 1.03. The smallest absolute Gasteiger partial charge is 0.291 e. The zero-order valence-electron chi connectivity index (χ0n) is 11.5. The number of urea groups is 1. The van der Waals surface area contributed by atoms with Crippen LogP contribution in [0.2, 0.25) is 10.0 Å². The molecule has 3 amide bonds. The molecule has 0 saturated carbocycles. The Bertz CT molecular complexity index is 678. The monoisotopic (exact) mass is 337 g/mol. The highest BCUT2D eigenvalue weighted by molar-refractivity contribution is 6.36. The maximum atomic E-state index is 11.7. The van der Waals surface area contributed by atoms with Crippen LogP contribution in [0, 0.1) is 0 Å². The molecule has 1 aromatic carbocycles. The number of halogens is 2. The van der Waals surface area contributed by atoms with Crippen LogP contribution < -0.4 is 10.6 Å².